The van der Waals surface area contributed by atoms with Crippen molar-refractivity contribution in [2.45, 2.75) is 44.9 Å². The van der Waals surface area contributed by atoms with Crippen molar-refractivity contribution in [1.29, 1.82) is 0 Å². The molecule has 148 valence electrons. The van der Waals surface area contributed by atoms with Gasteiger partial charge in [-0.1, -0.05) is 37.2 Å². The lowest BCUT2D eigenvalue weighted by Crippen LogP contribution is -2.27. The van der Waals surface area contributed by atoms with Gasteiger partial charge in [0.2, 0.25) is 5.91 Å². The third kappa shape index (κ3) is 4.81. The summed E-state index contributed by atoms with van der Waals surface area (Å²) in [6, 6.07) is 7.82. The number of carbonyl (C=O) groups excluding carboxylic acids is 1. The minimum absolute atomic E-state index is 0.110. The van der Waals surface area contributed by atoms with Crippen molar-refractivity contribution in [2.75, 3.05) is 5.75 Å². The van der Waals surface area contributed by atoms with E-state index in [1.165, 1.54) is 23.9 Å². The number of nitrogens with one attached hydrogen (secondary N) is 2. The third-order valence-corrected chi connectivity index (χ3v) is 5.28. The van der Waals surface area contributed by atoms with Gasteiger partial charge in [0, 0.05) is 18.8 Å². The Labute approximate surface area is 166 Å². The number of aryl methyl sites for hydroxylation is 1. The molecule has 8 heteroatoms. The number of aromatic amines is 1. The summed E-state index contributed by atoms with van der Waals surface area (Å²) >= 11 is 1.25. The van der Waals surface area contributed by atoms with Crippen LogP contribution in [0.3, 0.4) is 0 Å². The van der Waals surface area contributed by atoms with E-state index in [9.17, 15) is 14.0 Å². The fourth-order valence-corrected chi connectivity index (χ4v) is 3.67. The number of hydrogen-bond donors (Lipinski definition) is 2. The topological polar surface area (TPSA) is 79.8 Å². The molecule has 1 amide bonds. The quantitative estimate of drug-likeness (QED) is 0.447. The molecule has 0 saturated carbocycles. The monoisotopic (exact) mass is 402 g/mol. The van der Waals surface area contributed by atoms with Gasteiger partial charge in [-0.15, -0.1) is 0 Å². The third-order valence-electron chi connectivity index (χ3n) is 4.31. The first-order chi connectivity index (χ1) is 13.5. The summed E-state index contributed by atoms with van der Waals surface area (Å²) in [7, 11) is 0. The summed E-state index contributed by atoms with van der Waals surface area (Å²) < 4.78 is 14.6. The van der Waals surface area contributed by atoms with Crippen molar-refractivity contribution in [2.24, 2.45) is 0 Å². The number of nitrogens with zero attached hydrogens (tertiary/aromatic N) is 2. The summed E-state index contributed by atoms with van der Waals surface area (Å²) in [6.45, 7) is 4.83. The number of thioether (sulfide) groups is 1. The summed E-state index contributed by atoms with van der Waals surface area (Å²) in [5.41, 5.74) is 2.70. The number of fused-ring (bicyclic) bond motifs is 1. The van der Waals surface area contributed by atoms with E-state index in [1.807, 2.05) is 13.0 Å². The second kappa shape index (κ2) is 9.05. The molecule has 3 rings (SSSR count). The largest absolute Gasteiger partial charge is 0.353 e. The molecule has 0 radical (unpaired) electrons. The van der Waals surface area contributed by atoms with Gasteiger partial charge < -0.3 is 10.3 Å². The molecule has 0 saturated heterocycles. The molecular weight excluding hydrogens is 379 g/mol. The fraction of sp³-hybridized carbons (Fsp3) is 0.350. The van der Waals surface area contributed by atoms with Crippen molar-refractivity contribution < 1.29 is 9.18 Å². The van der Waals surface area contributed by atoms with Gasteiger partial charge in [0.1, 0.15) is 11.3 Å². The lowest BCUT2D eigenvalue weighted by molar-refractivity contribution is -0.118. The maximum absolute atomic E-state index is 12.9. The number of amides is 1. The maximum atomic E-state index is 12.9. The van der Waals surface area contributed by atoms with Crippen molar-refractivity contribution in [3.05, 3.63) is 57.8 Å². The number of unbranched alkanes of at least 4 members (excludes halogenated alkanes) is 1. The Morgan fingerprint density at radius 1 is 1.32 bits per heavy atom. The minimum atomic E-state index is -0.308. The number of rotatable bonds is 8. The highest BCUT2D eigenvalue weighted by molar-refractivity contribution is 7.99. The number of carbonyl (C=O) groups is 1. The van der Waals surface area contributed by atoms with Crippen molar-refractivity contribution in [3.8, 4) is 0 Å². The second-order valence-corrected chi connectivity index (χ2v) is 7.55. The summed E-state index contributed by atoms with van der Waals surface area (Å²) in [5.74, 6) is -0.331. The number of aromatic nitrogens is 3. The van der Waals surface area contributed by atoms with E-state index >= 15 is 0 Å². The molecule has 0 aliphatic heterocycles. The molecule has 6 nitrogen and oxygen atoms in total. The van der Waals surface area contributed by atoms with Crippen molar-refractivity contribution in [1.82, 2.24) is 19.9 Å². The average Bonchev–Trinajstić information content (AvgIpc) is 3.06. The Bertz CT molecular complexity index is 1030. The molecule has 2 N–H and O–H groups in total. The molecule has 2 heterocycles. The molecule has 0 spiro atoms. The Balaban J connectivity index is 1.70. The zero-order valence-electron chi connectivity index (χ0n) is 15.9. The molecule has 0 atom stereocenters. The lowest BCUT2D eigenvalue weighted by atomic mass is 10.2. The van der Waals surface area contributed by atoms with Crippen molar-refractivity contribution in [3.63, 3.8) is 0 Å². The van der Waals surface area contributed by atoms with E-state index < -0.39 is 0 Å². The number of hydrogen-bond acceptors (Lipinski definition) is 4. The lowest BCUT2D eigenvalue weighted by Gasteiger charge is -2.11. The average molecular weight is 402 g/mol. The van der Waals surface area contributed by atoms with Crippen LogP contribution in [0.4, 0.5) is 4.39 Å². The smallest absolute Gasteiger partial charge is 0.278 e. The second-order valence-electron chi connectivity index (χ2n) is 6.61. The highest BCUT2D eigenvalue weighted by Gasteiger charge is 2.14. The SMILES string of the molecule is CCCCn1c(SCC(=O)NCc2ccc(F)cc2)nc2cc(C)[nH]c2c1=O. The molecule has 2 aromatic heterocycles. The van der Waals surface area contributed by atoms with E-state index in [4.69, 9.17) is 0 Å². The fourth-order valence-electron chi connectivity index (χ4n) is 2.82. The highest BCUT2D eigenvalue weighted by atomic mass is 32.2. The predicted octanol–water partition coefficient (Wildman–Crippen LogP) is 3.38. The first-order valence-corrected chi connectivity index (χ1v) is 10.2. The zero-order chi connectivity index (χ0) is 20.1. The van der Waals surface area contributed by atoms with Crippen molar-refractivity contribution >= 4 is 28.7 Å². The molecule has 28 heavy (non-hydrogen) atoms. The highest BCUT2D eigenvalue weighted by Crippen LogP contribution is 2.19. The number of halogens is 1. The molecule has 0 aliphatic carbocycles. The molecule has 3 aromatic rings. The van der Waals surface area contributed by atoms with Crippen LogP contribution in [-0.2, 0) is 17.9 Å². The van der Waals surface area contributed by atoms with E-state index in [-0.39, 0.29) is 23.0 Å². The van der Waals surface area contributed by atoms with Crippen LogP contribution in [0, 0.1) is 12.7 Å². The molecule has 1 aromatic carbocycles. The van der Waals surface area contributed by atoms with Gasteiger partial charge in [-0.05, 0) is 37.1 Å². The molecule has 0 unspecified atom stereocenters. The van der Waals surface area contributed by atoms with Crippen LogP contribution in [0.5, 0.6) is 0 Å². The molecule has 0 aliphatic rings. The summed E-state index contributed by atoms with van der Waals surface area (Å²) in [5, 5.41) is 3.35. The predicted molar refractivity (Wildman–Crippen MR) is 109 cm³/mol. The van der Waals surface area contributed by atoms with Crippen LogP contribution in [0.15, 0.2) is 40.3 Å². The van der Waals surface area contributed by atoms with Crippen LogP contribution in [0.25, 0.3) is 11.0 Å². The summed E-state index contributed by atoms with van der Waals surface area (Å²) in [4.78, 5) is 32.7. The van der Waals surface area contributed by atoms with Gasteiger partial charge in [-0.25, -0.2) is 9.37 Å². The van der Waals surface area contributed by atoms with E-state index in [0.29, 0.717) is 29.3 Å². The van der Waals surface area contributed by atoms with E-state index in [0.717, 1.165) is 24.1 Å². The first kappa shape index (κ1) is 20.1. The molecule has 0 fully saturated rings. The van der Waals surface area contributed by atoms with Gasteiger partial charge in [0.15, 0.2) is 5.16 Å². The van der Waals surface area contributed by atoms with Crippen LogP contribution in [0.2, 0.25) is 0 Å². The van der Waals surface area contributed by atoms with Crippen LogP contribution in [-0.4, -0.2) is 26.2 Å². The molecular formula is C20H23FN4O2S. The Morgan fingerprint density at radius 2 is 2.07 bits per heavy atom. The minimum Gasteiger partial charge on any atom is -0.353 e. The van der Waals surface area contributed by atoms with Crippen LogP contribution < -0.4 is 10.9 Å². The van der Waals surface area contributed by atoms with Gasteiger partial charge in [-0.3, -0.25) is 14.2 Å². The van der Waals surface area contributed by atoms with Gasteiger partial charge >= 0.3 is 0 Å². The molecule has 0 bridgehead atoms. The van der Waals surface area contributed by atoms with E-state index in [2.05, 4.69) is 22.2 Å². The van der Waals surface area contributed by atoms with Crippen LogP contribution >= 0.6 is 11.8 Å². The van der Waals surface area contributed by atoms with E-state index in [1.54, 1.807) is 16.7 Å². The Hall–Kier alpha value is -2.61. The summed E-state index contributed by atoms with van der Waals surface area (Å²) in [6.07, 6.45) is 1.81. The normalized spacial score (nSPS) is 11.1. The van der Waals surface area contributed by atoms with Gasteiger partial charge in [-0.2, -0.15) is 0 Å². The maximum Gasteiger partial charge on any atom is 0.278 e. The Kier molecular flexibility index (Phi) is 6.51. The number of H-pyrrole nitrogens is 1. The Morgan fingerprint density at radius 3 is 2.79 bits per heavy atom. The zero-order valence-corrected chi connectivity index (χ0v) is 16.7. The van der Waals surface area contributed by atoms with Gasteiger partial charge in [0.05, 0.1) is 11.3 Å². The van der Waals surface area contributed by atoms with Gasteiger partial charge in [0.25, 0.3) is 5.56 Å². The number of benzene rings is 1. The standard InChI is InChI=1S/C20H23FN4O2S/c1-3-4-9-25-19(27)18-16(10-13(2)23-18)24-20(25)28-12-17(26)22-11-14-5-7-15(21)8-6-14/h5-8,10,23H,3-4,9,11-12H2,1-2H3,(H,22,26). The van der Waals surface area contributed by atoms with Crippen LogP contribution in [0.1, 0.15) is 31.0 Å². The first-order valence-electron chi connectivity index (χ1n) is 9.22.